The molecule has 1 aliphatic carbocycles. The molecule has 1 saturated carbocycles. The Labute approximate surface area is 101 Å². The molecule has 13 heavy (non-hydrogen) atoms. The van der Waals surface area contributed by atoms with Crippen molar-refractivity contribution >= 4 is 23.2 Å². The third-order valence-electron chi connectivity index (χ3n) is 2.54. The zero-order chi connectivity index (χ0) is 9.57. The average molecular weight is 410 g/mol. The fourth-order valence-electron chi connectivity index (χ4n) is 1.44. The van der Waals surface area contributed by atoms with Gasteiger partial charge in [0.2, 0.25) is 0 Å². The molecular weight excluding hydrogens is 398 g/mol. The van der Waals surface area contributed by atoms with Crippen LogP contribution in [-0.2, 0) is 21.1 Å². The van der Waals surface area contributed by atoms with Crippen LogP contribution in [0.3, 0.4) is 0 Å². The number of hydrogen-bond acceptors (Lipinski definition) is 4. The second kappa shape index (κ2) is 4.31. The first-order valence-corrected chi connectivity index (χ1v) is 4.44. The van der Waals surface area contributed by atoms with Gasteiger partial charge in [-0.2, -0.15) is 0 Å². The van der Waals surface area contributed by atoms with E-state index in [1.54, 1.807) is 0 Å². The Balaban J connectivity index is 0.00000144. The Bertz CT molecular complexity index is 179. The number of halogens is 2. The summed E-state index contributed by atoms with van der Waals surface area (Å²) < 4.78 is 0. The summed E-state index contributed by atoms with van der Waals surface area (Å²) in [6.07, 6.45) is 0. The molecule has 0 aromatic rings. The predicted molar refractivity (Wildman–Crippen MR) is 47.3 cm³/mol. The number of nitrogens with two attached hydrogens (primary N) is 2. The second-order valence-corrected chi connectivity index (χ2v) is 4.00. The van der Waals surface area contributed by atoms with E-state index in [1.165, 1.54) is 0 Å². The molecule has 0 bridgehead atoms. The Morgan fingerprint density at radius 2 is 1.23 bits per heavy atom. The molecule has 0 spiro atoms. The van der Waals surface area contributed by atoms with Gasteiger partial charge in [-0.3, -0.25) is 0 Å². The van der Waals surface area contributed by atoms with Crippen molar-refractivity contribution < 1.29 is 31.3 Å². The standard InChI is InChI=1S/C6H12Cl2N2O2.Pt/c7-3-4(8)6(12,2-10)5(3,11)1-9;/h3-4,11-12H,1-2,9-10H2;/q;+4. The van der Waals surface area contributed by atoms with Gasteiger partial charge in [-0.15, -0.1) is 23.2 Å². The van der Waals surface area contributed by atoms with Crippen molar-refractivity contribution in [1.29, 1.82) is 0 Å². The van der Waals surface area contributed by atoms with Gasteiger partial charge in [0.1, 0.15) is 11.2 Å². The van der Waals surface area contributed by atoms with Gasteiger partial charge < -0.3 is 21.7 Å². The smallest absolute Gasteiger partial charge is 0.384 e. The molecule has 0 radical (unpaired) electrons. The van der Waals surface area contributed by atoms with Gasteiger partial charge in [-0.05, 0) is 0 Å². The summed E-state index contributed by atoms with van der Waals surface area (Å²) in [5.74, 6) is 0. The van der Waals surface area contributed by atoms with Crippen molar-refractivity contribution in [2.24, 2.45) is 11.5 Å². The predicted octanol–water partition coefficient (Wildman–Crippen LogP) is -1.41. The van der Waals surface area contributed by atoms with E-state index in [2.05, 4.69) is 0 Å². The molecule has 1 fully saturated rings. The fraction of sp³-hybridized carbons (Fsp3) is 1.00. The van der Waals surface area contributed by atoms with Crippen LogP contribution in [-0.4, -0.2) is 45.3 Å². The molecule has 0 saturated heterocycles. The molecule has 4 atom stereocenters. The molecule has 4 unspecified atom stereocenters. The van der Waals surface area contributed by atoms with Crippen molar-refractivity contribution in [3.05, 3.63) is 0 Å². The van der Waals surface area contributed by atoms with Crippen LogP contribution in [0.1, 0.15) is 0 Å². The summed E-state index contributed by atoms with van der Waals surface area (Å²) in [5, 5.41) is 17.9. The van der Waals surface area contributed by atoms with Gasteiger partial charge in [-0.25, -0.2) is 0 Å². The number of rotatable bonds is 2. The van der Waals surface area contributed by atoms with Crippen LogP contribution in [0.15, 0.2) is 0 Å². The molecule has 0 aromatic carbocycles. The maximum absolute atomic E-state index is 9.71. The minimum absolute atomic E-state index is 0. The SMILES string of the molecule is NCC1(O)C(Cl)C(Cl)C1(O)CN.[Pt+4]. The van der Waals surface area contributed by atoms with Crippen LogP contribution in [0.25, 0.3) is 0 Å². The summed E-state index contributed by atoms with van der Waals surface area (Å²) in [5.41, 5.74) is 7.41. The number of hydrogen-bond donors (Lipinski definition) is 4. The van der Waals surface area contributed by atoms with E-state index in [4.69, 9.17) is 34.7 Å². The molecule has 0 aliphatic heterocycles. The Morgan fingerprint density at radius 3 is 1.38 bits per heavy atom. The van der Waals surface area contributed by atoms with Gasteiger partial charge in [0.05, 0.1) is 10.8 Å². The molecule has 4 nitrogen and oxygen atoms in total. The molecule has 78 valence electrons. The Kier molecular flexibility index (Phi) is 4.68. The average Bonchev–Trinajstić information content (AvgIpc) is 2.12. The molecule has 1 rings (SSSR count). The first-order chi connectivity index (χ1) is 5.44. The van der Waals surface area contributed by atoms with E-state index >= 15 is 0 Å². The van der Waals surface area contributed by atoms with E-state index in [-0.39, 0.29) is 34.2 Å². The van der Waals surface area contributed by atoms with Crippen molar-refractivity contribution in [1.82, 2.24) is 0 Å². The van der Waals surface area contributed by atoms with Crippen LogP contribution >= 0.6 is 23.2 Å². The third-order valence-corrected chi connectivity index (χ3v) is 3.90. The number of aliphatic hydroxyl groups is 2. The maximum Gasteiger partial charge on any atom is 4.00 e. The molecule has 0 aromatic heterocycles. The van der Waals surface area contributed by atoms with E-state index < -0.39 is 22.0 Å². The summed E-state index contributed by atoms with van der Waals surface area (Å²) >= 11 is 11.4. The van der Waals surface area contributed by atoms with Crippen LogP contribution < -0.4 is 11.5 Å². The first kappa shape index (κ1) is 14.1. The summed E-state index contributed by atoms with van der Waals surface area (Å²) in [6.45, 7) is -0.309. The van der Waals surface area contributed by atoms with Crippen molar-refractivity contribution in [3.8, 4) is 0 Å². The summed E-state index contributed by atoms with van der Waals surface area (Å²) in [7, 11) is 0. The first-order valence-electron chi connectivity index (χ1n) is 3.57. The molecule has 6 N–H and O–H groups in total. The molecule has 0 heterocycles. The minimum atomic E-state index is -1.56. The van der Waals surface area contributed by atoms with Gasteiger partial charge in [0, 0.05) is 13.1 Å². The van der Waals surface area contributed by atoms with E-state index in [0.29, 0.717) is 0 Å². The van der Waals surface area contributed by atoms with Gasteiger partial charge in [0.15, 0.2) is 0 Å². The maximum atomic E-state index is 9.71. The minimum Gasteiger partial charge on any atom is -0.384 e. The van der Waals surface area contributed by atoms with Crippen LogP contribution in [0.5, 0.6) is 0 Å². The van der Waals surface area contributed by atoms with Crippen molar-refractivity contribution in [3.63, 3.8) is 0 Å². The van der Waals surface area contributed by atoms with Crippen LogP contribution in [0.4, 0.5) is 0 Å². The molecule has 1 aliphatic rings. The number of alkyl halides is 2. The normalized spacial score (nSPS) is 49.4. The summed E-state index contributed by atoms with van der Waals surface area (Å²) in [6, 6.07) is 0. The topological polar surface area (TPSA) is 92.5 Å². The Hall–Kier alpha value is 1.11. The van der Waals surface area contributed by atoms with E-state index in [9.17, 15) is 10.2 Å². The quantitative estimate of drug-likeness (QED) is 0.422. The zero-order valence-electron chi connectivity index (χ0n) is 6.69. The molecule has 7 heteroatoms. The monoisotopic (exact) mass is 409 g/mol. The molecule has 0 amide bonds. The van der Waals surface area contributed by atoms with Gasteiger partial charge in [-0.1, -0.05) is 0 Å². The van der Waals surface area contributed by atoms with Crippen LogP contribution in [0.2, 0.25) is 0 Å². The third kappa shape index (κ3) is 1.57. The zero-order valence-corrected chi connectivity index (χ0v) is 10.5. The Morgan fingerprint density at radius 1 is 1.00 bits per heavy atom. The van der Waals surface area contributed by atoms with Crippen LogP contribution in [0, 0.1) is 0 Å². The van der Waals surface area contributed by atoms with Crippen molar-refractivity contribution in [2.45, 2.75) is 22.0 Å². The van der Waals surface area contributed by atoms with E-state index in [0.717, 1.165) is 0 Å². The fourth-order valence-corrected chi connectivity index (χ4v) is 2.42. The summed E-state index contributed by atoms with van der Waals surface area (Å²) in [4.78, 5) is 0. The van der Waals surface area contributed by atoms with Crippen molar-refractivity contribution in [2.75, 3.05) is 13.1 Å². The van der Waals surface area contributed by atoms with E-state index in [1.807, 2.05) is 0 Å². The largest absolute Gasteiger partial charge is 4.00 e. The van der Waals surface area contributed by atoms with Gasteiger partial charge in [0.25, 0.3) is 0 Å². The second-order valence-electron chi connectivity index (χ2n) is 3.06. The van der Waals surface area contributed by atoms with Gasteiger partial charge >= 0.3 is 21.1 Å². The molecular formula is C6H12Cl2N2O2Pt+4.